The summed E-state index contributed by atoms with van der Waals surface area (Å²) in [5.74, 6) is 0.446. The number of carbonyl (C=O) groups excluding carboxylic acids is 1. The molecule has 0 aromatic rings. The van der Waals surface area contributed by atoms with Crippen molar-refractivity contribution in [1.29, 1.82) is 0 Å². The molecular formula is C18H28O3. The van der Waals surface area contributed by atoms with Crippen LogP contribution in [0.4, 0.5) is 0 Å². The molecule has 0 radical (unpaired) electrons. The Kier molecular flexibility index (Phi) is 8.06. The quantitative estimate of drug-likeness (QED) is 0.500. The third-order valence-electron chi connectivity index (χ3n) is 4.13. The van der Waals surface area contributed by atoms with E-state index in [-0.39, 0.29) is 11.9 Å². The van der Waals surface area contributed by atoms with Gasteiger partial charge in [0.1, 0.15) is 0 Å². The molecule has 1 fully saturated rings. The number of carbonyl (C=O) groups is 1. The van der Waals surface area contributed by atoms with Crippen LogP contribution in [0.1, 0.15) is 39.0 Å². The van der Waals surface area contributed by atoms with Gasteiger partial charge in [0.25, 0.3) is 0 Å². The molecule has 0 bridgehead atoms. The molecular weight excluding hydrogens is 264 g/mol. The summed E-state index contributed by atoms with van der Waals surface area (Å²) < 4.78 is 10.3. The van der Waals surface area contributed by atoms with Gasteiger partial charge in [-0.25, -0.2) is 4.79 Å². The Balaban J connectivity index is 2.88. The molecule has 0 heterocycles. The summed E-state index contributed by atoms with van der Waals surface area (Å²) in [7, 11) is 2.99. The average molecular weight is 292 g/mol. The van der Waals surface area contributed by atoms with E-state index in [1.807, 2.05) is 19.1 Å². The third-order valence-corrected chi connectivity index (χ3v) is 4.13. The van der Waals surface area contributed by atoms with Crippen molar-refractivity contribution < 1.29 is 14.3 Å². The van der Waals surface area contributed by atoms with Crippen molar-refractivity contribution in [2.45, 2.75) is 45.1 Å². The van der Waals surface area contributed by atoms with E-state index in [1.165, 1.54) is 32.8 Å². The zero-order chi connectivity index (χ0) is 15.7. The van der Waals surface area contributed by atoms with Gasteiger partial charge in [-0.15, -0.1) is 0 Å². The lowest BCUT2D eigenvalue weighted by Crippen LogP contribution is -2.33. The highest BCUT2D eigenvalue weighted by molar-refractivity contribution is 5.75. The largest absolute Gasteiger partial charge is 0.467 e. The molecule has 3 nitrogen and oxygen atoms in total. The molecule has 118 valence electrons. The predicted molar refractivity (Wildman–Crippen MR) is 86.0 cm³/mol. The molecule has 2 unspecified atom stereocenters. The van der Waals surface area contributed by atoms with Crippen LogP contribution >= 0.6 is 0 Å². The Hall–Kier alpha value is -1.35. The highest BCUT2D eigenvalue weighted by Crippen LogP contribution is 2.33. The molecule has 0 aliphatic heterocycles. The van der Waals surface area contributed by atoms with Gasteiger partial charge in [-0.3, -0.25) is 0 Å². The van der Waals surface area contributed by atoms with Crippen LogP contribution in [0.15, 0.2) is 36.5 Å². The Morgan fingerprint density at radius 2 is 2.00 bits per heavy atom. The molecule has 0 amide bonds. The predicted octanol–water partition coefficient (Wildman–Crippen LogP) is 4.06. The summed E-state index contributed by atoms with van der Waals surface area (Å²) in [6.45, 7) is 5.71. The van der Waals surface area contributed by atoms with E-state index in [4.69, 9.17) is 9.47 Å². The molecule has 21 heavy (non-hydrogen) atoms. The number of esters is 1. The second kappa shape index (κ2) is 9.56. The topological polar surface area (TPSA) is 35.5 Å². The number of ether oxygens (including phenoxy) is 2. The Labute approximate surface area is 128 Å². The summed E-state index contributed by atoms with van der Waals surface area (Å²) in [6.07, 6.45) is 13.3. The van der Waals surface area contributed by atoms with Crippen LogP contribution < -0.4 is 0 Å². The van der Waals surface area contributed by atoms with Crippen LogP contribution in [-0.4, -0.2) is 26.3 Å². The van der Waals surface area contributed by atoms with E-state index in [2.05, 4.69) is 12.7 Å². The van der Waals surface area contributed by atoms with E-state index in [0.717, 1.165) is 12.0 Å². The Morgan fingerprint density at radius 3 is 2.52 bits per heavy atom. The minimum Gasteiger partial charge on any atom is -0.467 e. The standard InChI is InChI=1S/C18H28O3/c1-5-6-9-14(2)12-16(13-15-10-7-8-11-15)17(20-3)18(19)21-4/h5-6,9,12,15-17H,1,7-8,10-11,13H2,2-4H3/b9-6-,14-12+. The van der Waals surface area contributed by atoms with E-state index in [1.54, 1.807) is 13.2 Å². The molecule has 1 aliphatic rings. The van der Waals surface area contributed by atoms with Crippen LogP contribution in [0.2, 0.25) is 0 Å². The fraction of sp³-hybridized carbons (Fsp3) is 0.611. The molecule has 0 saturated heterocycles. The SMILES string of the molecule is C=C/C=C\C(C)=C\C(CC1CCCC1)C(OC)C(=O)OC. The van der Waals surface area contributed by atoms with Crippen LogP contribution in [-0.2, 0) is 14.3 Å². The second-order valence-electron chi connectivity index (χ2n) is 5.74. The summed E-state index contributed by atoms with van der Waals surface area (Å²) in [4.78, 5) is 11.9. The summed E-state index contributed by atoms with van der Waals surface area (Å²) in [6, 6.07) is 0. The highest BCUT2D eigenvalue weighted by atomic mass is 16.6. The minimum atomic E-state index is -0.525. The Bertz CT molecular complexity index is 389. The first-order valence-electron chi connectivity index (χ1n) is 7.70. The van der Waals surface area contributed by atoms with Crippen molar-refractivity contribution in [1.82, 2.24) is 0 Å². The first kappa shape index (κ1) is 17.7. The number of hydrogen-bond acceptors (Lipinski definition) is 3. The first-order chi connectivity index (χ1) is 10.1. The van der Waals surface area contributed by atoms with E-state index < -0.39 is 6.10 Å². The summed E-state index contributed by atoms with van der Waals surface area (Å²) in [5, 5.41) is 0. The molecule has 1 aliphatic carbocycles. The van der Waals surface area contributed by atoms with Gasteiger partial charge in [-0.05, 0) is 19.3 Å². The summed E-state index contributed by atoms with van der Waals surface area (Å²) in [5.41, 5.74) is 1.11. The van der Waals surface area contributed by atoms with Crippen LogP contribution in [0.5, 0.6) is 0 Å². The number of methoxy groups -OCH3 is 2. The van der Waals surface area contributed by atoms with Gasteiger partial charge < -0.3 is 9.47 Å². The minimum absolute atomic E-state index is 0.0556. The maximum Gasteiger partial charge on any atom is 0.335 e. The van der Waals surface area contributed by atoms with Crippen LogP contribution in [0.3, 0.4) is 0 Å². The lowest BCUT2D eigenvalue weighted by Gasteiger charge is -2.24. The lowest BCUT2D eigenvalue weighted by molar-refractivity contribution is -0.155. The van der Waals surface area contributed by atoms with Crippen molar-refractivity contribution in [3.63, 3.8) is 0 Å². The van der Waals surface area contributed by atoms with Gasteiger partial charge in [0.15, 0.2) is 6.10 Å². The monoisotopic (exact) mass is 292 g/mol. The fourth-order valence-electron chi connectivity index (χ4n) is 3.09. The number of allylic oxidation sites excluding steroid dienone is 4. The number of rotatable bonds is 8. The van der Waals surface area contributed by atoms with Crippen LogP contribution in [0, 0.1) is 11.8 Å². The van der Waals surface area contributed by atoms with Gasteiger partial charge in [-0.2, -0.15) is 0 Å². The van der Waals surface area contributed by atoms with Crippen molar-refractivity contribution in [2.24, 2.45) is 11.8 Å². The smallest absolute Gasteiger partial charge is 0.335 e. The van der Waals surface area contributed by atoms with Crippen molar-refractivity contribution in [2.75, 3.05) is 14.2 Å². The maximum absolute atomic E-state index is 11.9. The highest BCUT2D eigenvalue weighted by Gasteiger charge is 2.30. The molecule has 1 rings (SSSR count). The zero-order valence-corrected chi connectivity index (χ0v) is 13.5. The molecule has 0 spiro atoms. The zero-order valence-electron chi connectivity index (χ0n) is 13.5. The van der Waals surface area contributed by atoms with Gasteiger partial charge in [0.05, 0.1) is 7.11 Å². The molecule has 0 aromatic heterocycles. The maximum atomic E-state index is 11.9. The van der Waals surface area contributed by atoms with Crippen molar-refractivity contribution in [3.05, 3.63) is 36.5 Å². The summed E-state index contributed by atoms with van der Waals surface area (Å²) >= 11 is 0. The van der Waals surface area contributed by atoms with Gasteiger partial charge in [0.2, 0.25) is 0 Å². The fourth-order valence-corrected chi connectivity index (χ4v) is 3.09. The molecule has 0 N–H and O–H groups in total. The van der Waals surface area contributed by atoms with Crippen LogP contribution in [0.25, 0.3) is 0 Å². The lowest BCUT2D eigenvalue weighted by atomic mass is 9.87. The van der Waals surface area contributed by atoms with Gasteiger partial charge in [0, 0.05) is 13.0 Å². The van der Waals surface area contributed by atoms with Crippen molar-refractivity contribution in [3.8, 4) is 0 Å². The molecule has 1 saturated carbocycles. The molecule has 2 atom stereocenters. The normalized spacial score (nSPS) is 19.7. The van der Waals surface area contributed by atoms with E-state index in [9.17, 15) is 4.79 Å². The average Bonchev–Trinajstić information content (AvgIpc) is 2.98. The number of hydrogen-bond donors (Lipinski definition) is 0. The van der Waals surface area contributed by atoms with Gasteiger partial charge >= 0.3 is 5.97 Å². The van der Waals surface area contributed by atoms with Crippen molar-refractivity contribution >= 4 is 5.97 Å². The Morgan fingerprint density at radius 1 is 1.33 bits per heavy atom. The van der Waals surface area contributed by atoms with E-state index >= 15 is 0 Å². The first-order valence-corrected chi connectivity index (χ1v) is 7.70. The third kappa shape index (κ3) is 5.88. The van der Waals surface area contributed by atoms with E-state index in [0.29, 0.717) is 5.92 Å². The molecule has 3 heteroatoms. The second-order valence-corrected chi connectivity index (χ2v) is 5.74. The van der Waals surface area contributed by atoms with Gasteiger partial charge in [-0.1, -0.05) is 62.1 Å². The molecule has 0 aromatic carbocycles.